The standard InChI is InChI=1S/C15H19ClN4O2S2/c1-17-15(19-11-12-5-2-3-6-13(12)16)18-8-9-20-24(21,22)14-7-4-10-23-14/h2-7,10,20H,8-9,11H2,1H3,(H2,17,18,19). The van der Waals surface area contributed by atoms with E-state index in [2.05, 4.69) is 20.3 Å². The van der Waals surface area contributed by atoms with Gasteiger partial charge in [-0.25, -0.2) is 13.1 Å². The molecule has 2 aromatic rings. The molecule has 130 valence electrons. The fraction of sp³-hybridized carbons (Fsp3) is 0.267. The molecule has 2 rings (SSSR count). The monoisotopic (exact) mass is 386 g/mol. The van der Waals surface area contributed by atoms with Gasteiger partial charge in [0.15, 0.2) is 5.96 Å². The van der Waals surface area contributed by atoms with Crippen molar-refractivity contribution in [3.63, 3.8) is 0 Å². The van der Waals surface area contributed by atoms with Crippen molar-refractivity contribution in [1.29, 1.82) is 0 Å². The quantitative estimate of drug-likeness (QED) is 0.386. The fourth-order valence-electron chi connectivity index (χ4n) is 1.90. The highest BCUT2D eigenvalue weighted by Gasteiger charge is 2.13. The van der Waals surface area contributed by atoms with E-state index >= 15 is 0 Å². The largest absolute Gasteiger partial charge is 0.355 e. The SMILES string of the molecule is CN=C(NCCNS(=O)(=O)c1cccs1)NCc1ccccc1Cl. The highest BCUT2D eigenvalue weighted by Crippen LogP contribution is 2.15. The number of hydrogen-bond donors (Lipinski definition) is 3. The van der Waals surface area contributed by atoms with Crippen LogP contribution in [0.25, 0.3) is 0 Å². The summed E-state index contributed by atoms with van der Waals surface area (Å²) in [7, 11) is -1.78. The summed E-state index contributed by atoms with van der Waals surface area (Å²) in [5.41, 5.74) is 0.959. The minimum absolute atomic E-state index is 0.257. The number of benzene rings is 1. The first-order valence-corrected chi connectivity index (χ1v) is 9.98. The Labute approximate surface area is 151 Å². The number of rotatable bonds is 7. The first kappa shape index (κ1) is 18.7. The van der Waals surface area contributed by atoms with Gasteiger partial charge in [0.2, 0.25) is 10.0 Å². The number of halogens is 1. The van der Waals surface area contributed by atoms with Crippen molar-refractivity contribution >= 4 is 38.9 Å². The molecule has 0 spiro atoms. The van der Waals surface area contributed by atoms with Gasteiger partial charge in [-0.1, -0.05) is 35.9 Å². The van der Waals surface area contributed by atoms with Crippen LogP contribution in [0, 0.1) is 0 Å². The van der Waals surface area contributed by atoms with Crippen LogP contribution in [0.15, 0.2) is 51.0 Å². The van der Waals surface area contributed by atoms with Crippen LogP contribution >= 0.6 is 22.9 Å². The molecule has 0 saturated heterocycles. The lowest BCUT2D eigenvalue weighted by molar-refractivity contribution is 0.582. The van der Waals surface area contributed by atoms with E-state index in [0.29, 0.717) is 28.3 Å². The maximum Gasteiger partial charge on any atom is 0.250 e. The molecule has 0 aliphatic heterocycles. The Kier molecular flexibility index (Phi) is 7.04. The lowest BCUT2D eigenvalue weighted by Gasteiger charge is -2.13. The van der Waals surface area contributed by atoms with Crippen LogP contribution in [0.3, 0.4) is 0 Å². The van der Waals surface area contributed by atoms with Gasteiger partial charge in [-0.3, -0.25) is 4.99 Å². The van der Waals surface area contributed by atoms with Gasteiger partial charge >= 0.3 is 0 Å². The van der Waals surface area contributed by atoms with E-state index in [-0.39, 0.29) is 6.54 Å². The summed E-state index contributed by atoms with van der Waals surface area (Å²) in [6.45, 7) is 1.19. The summed E-state index contributed by atoms with van der Waals surface area (Å²) in [5.74, 6) is 0.574. The summed E-state index contributed by atoms with van der Waals surface area (Å²) in [6.07, 6.45) is 0. The van der Waals surface area contributed by atoms with Gasteiger partial charge < -0.3 is 10.6 Å². The van der Waals surface area contributed by atoms with Crippen molar-refractivity contribution < 1.29 is 8.42 Å². The summed E-state index contributed by atoms with van der Waals surface area (Å²) < 4.78 is 26.8. The molecule has 0 atom stereocenters. The summed E-state index contributed by atoms with van der Waals surface area (Å²) in [5, 5.41) is 8.59. The van der Waals surface area contributed by atoms with Crippen LogP contribution in [0.4, 0.5) is 0 Å². The van der Waals surface area contributed by atoms with Crippen LogP contribution < -0.4 is 15.4 Å². The zero-order chi connectivity index (χ0) is 17.4. The van der Waals surface area contributed by atoms with E-state index in [9.17, 15) is 8.42 Å². The Morgan fingerprint density at radius 2 is 1.96 bits per heavy atom. The number of sulfonamides is 1. The van der Waals surface area contributed by atoms with E-state index < -0.39 is 10.0 Å². The minimum atomic E-state index is -3.43. The molecule has 0 unspecified atom stereocenters. The average Bonchev–Trinajstić information content (AvgIpc) is 3.11. The lowest BCUT2D eigenvalue weighted by Crippen LogP contribution is -2.41. The van der Waals surface area contributed by atoms with Crippen molar-refractivity contribution in [2.45, 2.75) is 10.8 Å². The van der Waals surface area contributed by atoms with Crippen molar-refractivity contribution in [2.24, 2.45) is 4.99 Å². The van der Waals surface area contributed by atoms with Crippen molar-refractivity contribution in [2.75, 3.05) is 20.1 Å². The molecule has 6 nitrogen and oxygen atoms in total. The van der Waals surface area contributed by atoms with Crippen LogP contribution in [-0.2, 0) is 16.6 Å². The number of hydrogen-bond acceptors (Lipinski definition) is 4. The predicted molar refractivity (Wildman–Crippen MR) is 99.2 cm³/mol. The summed E-state index contributed by atoms with van der Waals surface area (Å²) in [4.78, 5) is 4.09. The first-order valence-electron chi connectivity index (χ1n) is 7.24. The average molecular weight is 387 g/mol. The van der Waals surface area contributed by atoms with E-state index in [1.807, 2.05) is 24.3 Å². The third-order valence-electron chi connectivity index (χ3n) is 3.10. The van der Waals surface area contributed by atoms with Gasteiger partial charge in [-0.2, -0.15) is 0 Å². The molecule has 1 aromatic heterocycles. The number of nitrogens with zero attached hydrogens (tertiary/aromatic N) is 1. The van der Waals surface area contributed by atoms with Gasteiger partial charge in [-0.05, 0) is 23.1 Å². The number of nitrogens with one attached hydrogen (secondary N) is 3. The second kappa shape index (κ2) is 9.03. The predicted octanol–water partition coefficient (Wildman–Crippen LogP) is 2.04. The summed E-state index contributed by atoms with van der Waals surface area (Å²) >= 11 is 7.29. The molecule has 1 aromatic carbocycles. The Hall–Kier alpha value is -1.61. The van der Waals surface area contributed by atoms with E-state index in [1.165, 1.54) is 11.3 Å². The number of guanidine groups is 1. The van der Waals surface area contributed by atoms with Crippen LogP contribution in [0.5, 0.6) is 0 Å². The van der Waals surface area contributed by atoms with Gasteiger partial charge in [0.05, 0.1) is 0 Å². The number of aliphatic imine (C=N–C) groups is 1. The van der Waals surface area contributed by atoms with E-state index in [4.69, 9.17) is 11.6 Å². The molecule has 3 N–H and O–H groups in total. The maximum atomic E-state index is 12.0. The molecule has 0 amide bonds. The van der Waals surface area contributed by atoms with E-state index in [0.717, 1.165) is 5.56 Å². The van der Waals surface area contributed by atoms with Gasteiger partial charge in [-0.15, -0.1) is 11.3 Å². The van der Waals surface area contributed by atoms with Gasteiger partial charge in [0, 0.05) is 31.7 Å². The van der Waals surface area contributed by atoms with Crippen LogP contribution in [-0.4, -0.2) is 34.5 Å². The molecule has 0 radical (unpaired) electrons. The van der Waals surface area contributed by atoms with Crippen LogP contribution in [0.2, 0.25) is 5.02 Å². The van der Waals surface area contributed by atoms with Crippen molar-refractivity contribution in [3.8, 4) is 0 Å². The maximum absolute atomic E-state index is 12.0. The topological polar surface area (TPSA) is 82.6 Å². The zero-order valence-corrected chi connectivity index (χ0v) is 15.5. The molecule has 1 heterocycles. The smallest absolute Gasteiger partial charge is 0.250 e. The number of thiophene rings is 1. The highest BCUT2D eigenvalue weighted by molar-refractivity contribution is 7.91. The molecule has 0 bridgehead atoms. The first-order chi connectivity index (χ1) is 11.5. The summed E-state index contributed by atoms with van der Waals surface area (Å²) in [6, 6.07) is 10.8. The van der Waals surface area contributed by atoms with Gasteiger partial charge in [0.1, 0.15) is 4.21 Å². The molecular weight excluding hydrogens is 368 g/mol. The zero-order valence-electron chi connectivity index (χ0n) is 13.1. The Morgan fingerprint density at radius 1 is 1.17 bits per heavy atom. The molecule has 9 heteroatoms. The van der Waals surface area contributed by atoms with Crippen molar-refractivity contribution in [1.82, 2.24) is 15.4 Å². The molecular formula is C15H19ClN4O2S2. The van der Waals surface area contributed by atoms with Crippen LogP contribution in [0.1, 0.15) is 5.56 Å². The Balaban J connectivity index is 1.75. The molecule has 0 fully saturated rings. The molecule has 0 saturated carbocycles. The molecule has 0 aliphatic rings. The second-order valence-electron chi connectivity index (χ2n) is 4.77. The molecule has 24 heavy (non-hydrogen) atoms. The van der Waals surface area contributed by atoms with Gasteiger partial charge in [0.25, 0.3) is 0 Å². The molecule has 0 aliphatic carbocycles. The Morgan fingerprint density at radius 3 is 2.62 bits per heavy atom. The third kappa shape index (κ3) is 5.48. The third-order valence-corrected chi connectivity index (χ3v) is 6.32. The second-order valence-corrected chi connectivity index (χ2v) is 8.12. The fourth-order valence-corrected chi connectivity index (χ4v) is 4.17. The van der Waals surface area contributed by atoms with Crippen molar-refractivity contribution in [3.05, 3.63) is 52.4 Å². The highest BCUT2D eigenvalue weighted by atomic mass is 35.5. The normalized spacial score (nSPS) is 12.2. The van der Waals surface area contributed by atoms with E-state index in [1.54, 1.807) is 24.6 Å². The Bertz CT molecular complexity index is 777. The minimum Gasteiger partial charge on any atom is -0.355 e. The lowest BCUT2D eigenvalue weighted by atomic mass is 10.2.